The highest BCUT2D eigenvalue weighted by atomic mass is 79.9. The first-order chi connectivity index (χ1) is 8.72. The van der Waals surface area contributed by atoms with Gasteiger partial charge in [0.25, 0.3) is 0 Å². The number of hydrogen-bond acceptors (Lipinski definition) is 6. The zero-order valence-corrected chi connectivity index (χ0v) is 12.5. The van der Waals surface area contributed by atoms with Gasteiger partial charge in [0.05, 0.1) is 12.7 Å². The topological polar surface area (TPSA) is 68.3 Å². The number of nitrogens with zero attached hydrogens (tertiary/aromatic N) is 2. The van der Waals surface area contributed by atoms with Crippen LogP contribution in [-0.4, -0.2) is 50.0 Å². The summed E-state index contributed by atoms with van der Waals surface area (Å²) < 4.78 is 11.1. The van der Waals surface area contributed by atoms with Crippen LogP contribution >= 0.6 is 15.9 Å². The molecular formula is C11H19BrN4O2. The molecule has 0 aromatic carbocycles. The lowest BCUT2D eigenvalue weighted by Crippen LogP contribution is -2.27. The van der Waals surface area contributed by atoms with E-state index in [1.165, 1.54) is 6.33 Å². The van der Waals surface area contributed by atoms with E-state index in [-0.39, 0.29) is 6.10 Å². The van der Waals surface area contributed by atoms with Crippen molar-refractivity contribution < 1.29 is 9.47 Å². The SMILES string of the molecule is CCNc1ncnc(NCC(COC)OC)c1Br. The van der Waals surface area contributed by atoms with Crippen LogP contribution in [0.4, 0.5) is 11.6 Å². The van der Waals surface area contributed by atoms with Crippen LogP contribution in [0.3, 0.4) is 0 Å². The van der Waals surface area contributed by atoms with Crippen LogP contribution in [0.1, 0.15) is 6.92 Å². The van der Waals surface area contributed by atoms with Gasteiger partial charge in [-0.1, -0.05) is 0 Å². The smallest absolute Gasteiger partial charge is 0.146 e. The average molecular weight is 319 g/mol. The third-order valence-corrected chi connectivity index (χ3v) is 3.07. The lowest BCUT2D eigenvalue weighted by Gasteiger charge is -2.16. The first-order valence-corrected chi connectivity index (χ1v) is 6.52. The van der Waals surface area contributed by atoms with E-state index >= 15 is 0 Å². The first-order valence-electron chi connectivity index (χ1n) is 5.72. The van der Waals surface area contributed by atoms with E-state index in [9.17, 15) is 0 Å². The van der Waals surface area contributed by atoms with Gasteiger partial charge in [-0.25, -0.2) is 9.97 Å². The predicted octanol–water partition coefficient (Wildman–Crippen LogP) is 1.74. The lowest BCUT2D eigenvalue weighted by molar-refractivity contribution is 0.0365. The molecule has 1 atom stereocenters. The number of ether oxygens (including phenoxy) is 2. The molecule has 1 heterocycles. The second-order valence-corrected chi connectivity index (χ2v) is 4.40. The van der Waals surface area contributed by atoms with Crippen LogP contribution < -0.4 is 10.6 Å². The molecule has 1 aromatic heterocycles. The fraction of sp³-hybridized carbons (Fsp3) is 0.636. The number of hydrogen-bond donors (Lipinski definition) is 2. The van der Waals surface area contributed by atoms with Crippen molar-refractivity contribution in [1.82, 2.24) is 9.97 Å². The summed E-state index contributed by atoms with van der Waals surface area (Å²) in [7, 11) is 3.31. The van der Waals surface area contributed by atoms with Crippen LogP contribution in [0, 0.1) is 0 Å². The minimum Gasteiger partial charge on any atom is -0.382 e. The lowest BCUT2D eigenvalue weighted by atomic mass is 10.3. The molecule has 6 nitrogen and oxygen atoms in total. The van der Waals surface area contributed by atoms with Gasteiger partial charge in [-0.3, -0.25) is 0 Å². The third-order valence-electron chi connectivity index (χ3n) is 2.32. The zero-order chi connectivity index (χ0) is 13.4. The number of nitrogens with one attached hydrogen (secondary N) is 2. The van der Waals surface area contributed by atoms with Gasteiger partial charge in [0, 0.05) is 27.3 Å². The van der Waals surface area contributed by atoms with Gasteiger partial charge >= 0.3 is 0 Å². The molecule has 0 amide bonds. The van der Waals surface area contributed by atoms with Crippen molar-refractivity contribution in [2.45, 2.75) is 13.0 Å². The summed E-state index contributed by atoms with van der Waals surface area (Å²) in [6, 6.07) is 0. The van der Waals surface area contributed by atoms with Crippen molar-refractivity contribution in [3.05, 3.63) is 10.8 Å². The molecule has 102 valence electrons. The standard InChI is InChI=1S/C11H19BrN4O2/c1-4-13-10-9(12)11(16-7-15-10)14-5-8(18-3)6-17-2/h7-8H,4-6H2,1-3H3,(H2,13,14,15,16). The summed E-state index contributed by atoms with van der Waals surface area (Å²) in [5, 5.41) is 6.35. The summed E-state index contributed by atoms with van der Waals surface area (Å²) in [4.78, 5) is 8.33. The maximum Gasteiger partial charge on any atom is 0.146 e. The number of anilines is 2. The van der Waals surface area contributed by atoms with E-state index < -0.39 is 0 Å². The van der Waals surface area contributed by atoms with Crippen molar-refractivity contribution in [3.8, 4) is 0 Å². The molecule has 18 heavy (non-hydrogen) atoms. The Labute approximate surface area is 116 Å². The largest absolute Gasteiger partial charge is 0.382 e. The Morgan fingerprint density at radius 1 is 1.28 bits per heavy atom. The molecule has 7 heteroatoms. The van der Waals surface area contributed by atoms with Gasteiger partial charge < -0.3 is 20.1 Å². The van der Waals surface area contributed by atoms with Crippen LogP contribution in [0.2, 0.25) is 0 Å². The summed E-state index contributed by atoms with van der Waals surface area (Å²) in [5.41, 5.74) is 0. The highest BCUT2D eigenvalue weighted by molar-refractivity contribution is 9.10. The molecule has 0 aliphatic rings. The number of aromatic nitrogens is 2. The molecule has 0 spiro atoms. The van der Waals surface area contributed by atoms with E-state index in [0.717, 1.165) is 22.7 Å². The Morgan fingerprint density at radius 2 is 1.94 bits per heavy atom. The Morgan fingerprint density at radius 3 is 2.50 bits per heavy atom. The number of rotatable bonds is 8. The van der Waals surface area contributed by atoms with E-state index in [4.69, 9.17) is 9.47 Å². The fourth-order valence-electron chi connectivity index (χ4n) is 1.39. The summed E-state index contributed by atoms with van der Waals surface area (Å²) in [6.07, 6.45) is 1.50. The normalized spacial score (nSPS) is 12.2. The Bertz CT molecular complexity index is 365. The molecule has 1 rings (SSSR count). The van der Waals surface area contributed by atoms with E-state index in [1.54, 1.807) is 14.2 Å². The maximum absolute atomic E-state index is 5.27. The van der Waals surface area contributed by atoms with E-state index in [0.29, 0.717) is 13.2 Å². The Hall–Kier alpha value is -0.920. The van der Waals surface area contributed by atoms with Gasteiger partial charge in [-0.05, 0) is 22.9 Å². The first kappa shape index (κ1) is 15.1. The fourth-order valence-corrected chi connectivity index (χ4v) is 1.88. The molecule has 2 N–H and O–H groups in total. The monoisotopic (exact) mass is 318 g/mol. The molecule has 0 radical (unpaired) electrons. The summed E-state index contributed by atoms with van der Waals surface area (Å²) in [5.74, 6) is 1.51. The van der Waals surface area contributed by atoms with Crippen molar-refractivity contribution in [1.29, 1.82) is 0 Å². The molecule has 0 aliphatic heterocycles. The van der Waals surface area contributed by atoms with Crippen molar-refractivity contribution in [2.24, 2.45) is 0 Å². The average Bonchev–Trinajstić information content (AvgIpc) is 2.38. The molecule has 1 unspecified atom stereocenters. The van der Waals surface area contributed by atoms with Crippen LogP contribution in [0.15, 0.2) is 10.8 Å². The van der Waals surface area contributed by atoms with Gasteiger partial charge in [0.15, 0.2) is 0 Å². The van der Waals surface area contributed by atoms with Gasteiger partial charge in [0.1, 0.15) is 22.4 Å². The highest BCUT2D eigenvalue weighted by Crippen LogP contribution is 2.26. The molecule has 0 saturated carbocycles. The number of methoxy groups -OCH3 is 2. The number of halogens is 1. The second kappa shape index (κ2) is 8.23. The van der Waals surface area contributed by atoms with Crippen molar-refractivity contribution in [2.75, 3.05) is 44.5 Å². The van der Waals surface area contributed by atoms with Crippen LogP contribution in [0.25, 0.3) is 0 Å². The van der Waals surface area contributed by atoms with Crippen molar-refractivity contribution >= 4 is 27.6 Å². The minimum atomic E-state index is -0.0144. The second-order valence-electron chi connectivity index (χ2n) is 3.61. The quantitative estimate of drug-likeness (QED) is 0.761. The molecule has 0 bridgehead atoms. The summed E-state index contributed by atoms with van der Waals surface area (Å²) >= 11 is 3.47. The van der Waals surface area contributed by atoms with Gasteiger partial charge in [0.2, 0.25) is 0 Å². The zero-order valence-electron chi connectivity index (χ0n) is 10.9. The van der Waals surface area contributed by atoms with E-state index in [1.807, 2.05) is 6.92 Å². The molecule has 0 saturated heterocycles. The highest BCUT2D eigenvalue weighted by Gasteiger charge is 2.11. The Kier molecular flexibility index (Phi) is 6.92. The molecule has 1 aromatic rings. The minimum absolute atomic E-state index is 0.0144. The van der Waals surface area contributed by atoms with Crippen LogP contribution in [0.5, 0.6) is 0 Å². The molecular weight excluding hydrogens is 300 g/mol. The molecule has 0 fully saturated rings. The predicted molar refractivity (Wildman–Crippen MR) is 75.1 cm³/mol. The van der Waals surface area contributed by atoms with Crippen molar-refractivity contribution in [3.63, 3.8) is 0 Å². The molecule has 0 aliphatic carbocycles. The van der Waals surface area contributed by atoms with Gasteiger partial charge in [-0.15, -0.1) is 0 Å². The third kappa shape index (κ3) is 4.40. The maximum atomic E-state index is 5.27. The Balaban J connectivity index is 2.63. The van der Waals surface area contributed by atoms with Crippen LogP contribution in [-0.2, 0) is 9.47 Å². The summed E-state index contributed by atoms with van der Waals surface area (Å²) in [6.45, 7) is 3.97. The van der Waals surface area contributed by atoms with Gasteiger partial charge in [-0.2, -0.15) is 0 Å². The van der Waals surface area contributed by atoms with E-state index in [2.05, 4.69) is 36.5 Å².